The molecule has 1 aliphatic rings. The third-order valence-electron chi connectivity index (χ3n) is 7.13. The molecule has 1 aliphatic heterocycles. The second-order valence-electron chi connectivity index (χ2n) is 10.6. The summed E-state index contributed by atoms with van der Waals surface area (Å²) in [6, 6.07) is 13.6. The number of ether oxygens (including phenoxy) is 1. The highest BCUT2D eigenvalue weighted by molar-refractivity contribution is 9.10. The molecule has 1 aromatic heterocycles. The van der Waals surface area contributed by atoms with Crippen LogP contribution in [0.1, 0.15) is 65.3 Å². The number of nitro benzene ring substituents is 1. The summed E-state index contributed by atoms with van der Waals surface area (Å²) in [6.07, 6.45) is -3.90. The number of anilines is 2. The molecule has 4 aromatic rings. The zero-order chi connectivity index (χ0) is 31.1. The van der Waals surface area contributed by atoms with Gasteiger partial charge in [0.2, 0.25) is 0 Å². The van der Waals surface area contributed by atoms with Crippen LogP contribution in [0.3, 0.4) is 0 Å². The number of carbonyl (C=O) groups is 1. The Bertz CT molecular complexity index is 1690. The number of halogens is 4. The van der Waals surface area contributed by atoms with E-state index in [1.165, 1.54) is 12.1 Å². The largest absolute Gasteiger partial charge is 0.457 e. The van der Waals surface area contributed by atoms with E-state index in [1.54, 1.807) is 24.3 Å². The molecule has 5 rings (SSSR count). The Hall–Kier alpha value is -4.39. The SMILES string of the molecule is Cc1ccc(C(C)C)c(Oc2cc(NC(=O)c3cnn4c3N[C@@H](c3ccc(Br)cc3)C[C@H]4C(F)(F)F)cc([N+](=O)[O-])c2)c1. The van der Waals surface area contributed by atoms with Crippen molar-refractivity contribution in [2.75, 3.05) is 10.6 Å². The van der Waals surface area contributed by atoms with Gasteiger partial charge >= 0.3 is 6.18 Å². The molecule has 0 radical (unpaired) electrons. The average Bonchev–Trinajstić information content (AvgIpc) is 3.36. The normalized spacial score (nSPS) is 16.4. The maximum atomic E-state index is 14.1. The Morgan fingerprint density at radius 2 is 1.88 bits per heavy atom. The van der Waals surface area contributed by atoms with Crippen molar-refractivity contribution in [2.45, 2.75) is 51.4 Å². The zero-order valence-corrected chi connectivity index (χ0v) is 24.9. The van der Waals surface area contributed by atoms with E-state index in [2.05, 4.69) is 31.7 Å². The molecule has 0 spiro atoms. The van der Waals surface area contributed by atoms with Crippen molar-refractivity contribution < 1.29 is 27.6 Å². The first kappa shape index (κ1) is 30.1. The topological polar surface area (TPSA) is 111 Å². The Kier molecular flexibility index (Phi) is 8.19. The van der Waals surface area contributed by atoms with Crippen molar-refractivity contribution in [1.29, 1.82) is 0 Å². The molecule has 3 aromatic carbocycles. The number of benzene rings is 3. The standard InChI is InChI=1S/C30H27BrF3N5O4/c1-16(2)23-9-4-17(3)10-26(23)43-22-12-20(11-21(13-22)39(41)42)36-29(40)24-15-35-38-27(30(32,33)34)14-25(37-28(24)38)18-5-7-19(31)8-6-18/h4-13,15-16,25,27,37H,14H2,1-3H3,(H,36,40)/t25-,27+/m1/s1. The number of non-ortho nitro benzene ring substituents is 1. The van der Waals surface area contributed by atoms with Crippen LogP contribution in [-0.4, -0.2) is 26.8 Å². The lowest BCUT2D eigenvalue weighted by atomic mass is 9.96. The number of fused-ring (bicyclic) bond motifs is 1. The number of rotatable bonds is 7. The number of amides is 1. The van der Waals surface area contributed by atoms with Gasteiger partial charge in [-0.1, -0.05) is 54.0 Å². The van der Waals surface area contributed by atoms with Gasteiger partial charge in [-0.05, 0) is 47.7 Å². The van der Waals surface area contributed by atoms with Gasteiger partial charge in [0.1, 0.15) is 22.9 Å². The molecule has 2 heterocycles. The highest BCUT2D eigenvalue weighted by atomic mass is 79.9. The molecular formula is C30H27BrF3N5O4. The van der Waals surface area contributed by atoms with Crippen LogP contribution in [0.2, 0.25) is 0 Å². The minimum atomic E-state index is -4.62. The molecule has 2 atom stereocenters. The number of aryl methyl sites for hydroxylation is 1. The summed E-state index contributed by atoms with van der Waals surface area (Å²) in [4.78, 5) is 24.5. The Balaban J connectivity index is 1.47. The van der Waals surface area contributed by atoms with Crippen LogP contribution >= 0.6 is 15.9 Å². The molecule has 0 bridgehead atoms. The van der Waals surface area contributed by atoms with Crippen LogP contribution in [0, 0.1) is 17.0 Å². The third kappa shape index (κ3) is 6.51. The fourth-order valence-corrected chi connectivity index (χ4v) is 5.26. The molecule has 0 unspecified atom stereocenters. The zero-order valence-electron chi connectivity index (χ0n) is 23.3. The van der Waals surface area contributed by atoms with E-state index < -0.39 is 29.1 Å². The third-order valence-corrected chi connectivity index (χ3v) is 7.66. The molecule has 0 saturated carbocycles. The van der Waals surface area contributed by atoms with E-state index in [1.807, 2.05) is 39.0 Å². The lowest BCUT2D eigenvalue weighted by Gasteiger charge is -2.34. The number of hydrogen-bond acceptors (Lipinski definition) is 6. The van der Waals surface area contributed by atoms with Crippen molar-refractivity contribution in [3.8, 4) is 11.5 Å². The first-order valence-corrected chi connectivity index (χ1v) is 14.1. The Labute approximate surface area is 253 Å². The van der Waals surface area contributed by atoms with Crippen molar-refractivity contribution in [3.05, 3.63) is 104 Å². The van der Waals surface area contributed by atoms with Crippen LogP contribution in [-0.2, 0) is 0 Å². The molecule has 1 amide bonds. The van der Waals surface area contributed by atoms with Gasteiger partial charge < -0.3 is 15.4 Å². The van der Waals surface area contributed by atoms with Crippen LogP contribution in [0.4, 0.5) is 30.4 Å². The van der Waals surface area contributed by atoms with E-state index in [0.29, 0.717) is 11.3 Å². The van der Waals surface area contributed by atoms with E-state index in [-0.39, 0.29) is 40.8 Å². The lowest BCUT2D eigenvalue weighted by molar-refractivity contribution is -0.384. The minimum Gasteiger partial charge on any atom is -0.457 e. The highest BCUT2D eigenvalue weighted by Crippen LogP contribution is 2.44. The average molecular weight is 658 g/mol. The van der Waals surface area contributed by atoms with Crippen LogP contribution < -0.4 is 15.4 Å². The highest BCUT2D eigenvalue weighted by Gasteiger charge is 2.47. The summed E-state index contributed by atoms with van der Waals surface area (Å²) >= 11 is 3.33. The summed E-state index contributed by atoms with van der Waals surface area (Å²) in [7, 11) is 0. The van der Waals surface area contributed by atoms with Crippen molar-refractivity contribution >= 4 is 39.0 Å². The molecule has 2 N–H and O–H groups in total. The molecule has 0 saturated heterocycles. The fourth-order valence-electron chi connectivity index (χ4n) is 4.99. The van der Waals surface area contributed by atoms with E-state index >= 15 is 0 Å². The molecule has 13 heteroatoms. The summed E-state index contributed by atoms with van der Waals surface area (Å²) in [6.45, 7) is 5.87. The Morgan fingerprint density at radius 1 is 1.16 bits per heavy atom. The van der Waals surface area contributed by atoms with E-state index in [4.69, 9.17) is 4.74 Å². The fraction of sp³-hybridized carbons (Fsp3) is 0.267. The Morgan fingerprint density at radius 3 is 2.53 bits per heavy atom. The van der Waals surface area contributed by atoms with Gasteiger partial charge in [0.05, 0.1) is 28.9 Å². The predicted octanol–water partition coefficient (Wildman–Crippen LogP) is 8.69. The second-order valence-corrected chi connectivity index (χ2v) is 11.5. The first-order valence-electron chi connectivity index (χ1n) is 13.4. The number of nitrogens with zero attached hydrogens (tertiary/aromatic N) is 3. The maximum Gasteiger partial charge on any atom is 0.410 e. The van der Waals surface area contributed by atoms with Crippen LogP contribution in [0.15, 0.2) is 71.3 Å². The minimum absolute atomic E-state index is 0.0283. The molecule has 43 heavy (non-hydrogen) atoms. The number of aromatic nitrogens is 2. The second kappa shape index (κ2) is 11.7. The molecule has 0 aliphatic carbocycles. The van der Waals surface area contributed by atoms with Gasteiger partial charge in [-0.15, -0.1) is 0 Å². The number of nitrogens with one attached hydrogen (secondary N) is 2. The summed E-state index contributed by atoms with van der Waals surface area (Å²) in [5, 5.41) is 21.2. The maximum absolute atomic E-state index is 14.1. The molecule has 9 nitrogen and oxygen atoms in total. The van der Waals surface area contributed by atoms with Crippen molar-refractivity contribution in [1.82, 2.24) is 9.78 Å². The summed E-state index contributed by atoms with van der Waals surface area (Å²) in [5.74, 6) is -0.172. The lowest BCUT2D eigenvalue weighted by Crippen LogP contribution is -2.36. The molecular weight excluding hydrogens is 631 g/mol. The van der Waals surface area contributed by atoms with Gasteiger partial charge in [0, 0.05) is 23.0 Å². The summed E-state index contributed by atoms with van der Waals surface area (Å²) in [5.41, 5.74) is 1.96. The number of nitro groups is 1. The van der Waals surface area contributed by atoms with E-state index in [0.717, 1.165) is 32.5 Å². The van der Waals surface area contributed by atoms with Crippen LogP contribution in [0.25, 0.3) is 0 Å². The number of hydrogen-bond donors (Lipinski definition) is 2. The smallest absolute Gasteiger partial charge is 0.410 e. The van der Waals surface area contributed by atoms with Gasteiger partial charge in [-0.3, -0.25) is 14.9 Å². The van der Waals surface area contributed by atoms with Crippen molar-refractivity contribution in [3.63, 3.8) is 0 Å². The van der Waals surface area contributed by atoms with Gasteiger partial charge in [0.15, 0.2) is 6.04 Å². The number of alkyl halides is 3. The number of carbonyl (C=O) groups excluding carboxylic acids is 1. The van der Waals surface area contributed by atoms with Gasteiger partial charge in [-0.25, -0.2) is 4.68 Å². The monoisotopic (exact) mass is 657 g/mol. The van der Waals surface area contributed by atoms with Crippen LogP contribution in [0.5, 0.6) is 11.5 Å². The quantitative estimate of drug-likeness (QED) is 0.152. The predicted molar refractivity (Wildman–Crippen MR) is 159 cm³/mol. The van der Waals surface area contributed by atoms with Gasteiger partial charge in [0.25, 0.3) is 11.6 Å². The van der Waals surface area contributed by atoms with Crippen molar-refractivity contribution in [2.24, 2.45) is 0 Å². The summed E-state index contributed by atoms with van der Waals surface area (Å²) < 4.78 is 49.9. The molecule has 0 fully saturated rings. The van der Waals surface area contributed by atoms with Gasteiger partial charge in [-0.2, -0.15) is 18.3 Å². The first-order chi connectivity index (χ1) is 20.3. The molecule has 224 valence electrons. The van der Waals surface area contributed by atoms with E-state index in [9.17, 15) is 28.1 Å².